The second kappa shape index (κ2) is 7.98. The highest BCUT2D eigenvalue weighted by atomic mass is 16.2. The Bertz CT molecular complexity index is 1140. The number of aromatic nitrogens is 2. The van der Waals surface area contributed by atoms with Crippen LogP contribution in [0.3, 0.4) is 0 Å². The van der Waals surface area contributed by atoms with Gasteiger partial charge in [0.15, 0.2) is 11.5 Å². The van der Waals surface area contributed by atoms with Gasteiger partial charge in [-0.1, -0.05) is 24.3 Å². The predicted molar refractivity (Wildman–Crippen MR) is 115 cm³/mol. The number of rotatable bonds is 7. The zero-order chi connectivity index (χ0) is 21.3. The lowest BCUT2D eigenvalue weighted by Gasteiger charge is -2.16. The van der Waals surface area contributed by atoms with Gasteiger partial charge in [-0.15, -0.1) is 0 Å². The van der Waals surface area contributed by atoms with Gasteiger partial charge in [-0.3, -0.25) is 9.59 Å². The molecular weight excluding hydrogens is 382 g/mol. The number of benzene rings is 2. The Morgan fingerprint density at radius 2 is 1.97 bits per heavy atom. The summed E-state index contributed by atoms with van der Waals surface area (Å²) in [6, 6.07) is 10.2. The number of imidazole rings is 1. The Morgan fingerprint density at radius 1 is 1.20 bits per heavy atom. The molecule has 0 atom stereocenters. The van der Waals surface area contributed by atoms with Crippen molar-refractivity contribution in [3.63, 3.8) is 0 Å². The summed E-state index contributed by atoms with van der Waals surface area (Å²) in [5, 5.41) is 7.79. The van der Waals surface area contributed by atoms with Crippen LogP contribution in [0.15, 0.2) is 36.7 Å². The van der Waals surface area contributed by atoms with E-state index in [9.17, 15) is 14.4 Å². The minimum absolute atomic E-state index is 0.0758. The molecule has 30 heavy (non-hydrogen) atoms. The molecule has 0 bridgehead atoms. The third-order valence-corrected chi connectivity index (χ3v) is 5.44. The Balaban J connectivity index is 1.60. The van der Waals surface area contributed by atoms with Crippen LogP contribution in [0.5, 0.6) is 0 Å². The van der Waals surface area contributed by atoms with Crippen LogP contribution in [0.25, 0.3) is 10.8 Å². The van der Waals surface area contributed by atoms with Crippen LogP contribution >= 0.6 is 0 Å². The topological polar surface area (TPSA) is 96.3 Å². The first-order valence-corrected chi connectivity index (χ1v) is 9.78. The third kappa shape index (κ3) is 3.41. The maximum absolute atomic E-state index is 12.8. The molecule has 8 heteroatoms. The monoisotopic (exact) mass is 405 g/mol. The summed E-state index contributed by atoms with van der Waals surface area (Å²) in [5.74, 6) is -0.293. The molecule has 0 aliphatic heterocycles. The van der Waals surface area contributed by atoms with Crippen molar-refractivity contribution in [2.24, 2.45) is 0 Å². The lowest BCUT2D eigenvalue weighted by atomic mass is 10.0. The zero-order valence-electron chi connectivity index (χ0n) is 16.9. The zero-order valence-corrected chi connectivity index (χ0v) is 16.9. The van der Waals surface area contributed by atoms with E-state index in [-0.39, 0.29) is 30.6 Å². The molecule has 8 nitrogen and oxygen atoms in total. The minimum Gasteiger partial charge on any atom is -0.354 e. The molecule has 4 rings (SSSR count). The fourth-order valence-electron chi connectivity index (χ4n) is 4.02. The number of aryl methyl sites for hydroxylation is 2. The van der Waals surface area contributed by atoms with Gasteiger partial charge in [0.05, 0.1) is 12.9 Å². The van der Waals surface area contributed by atoms with Gasteiger partial charge in [0.2, 0.25) is 5.91 Å². The van der Waals surface area contributed by atoms with Gasteiger partial charge in [-0.25, -0.2) is 4.98 Å². The van der Waals surface area contributed by atoms with Crippen molar-refractivity contribution >= 4 is 40.4 Å². The Hall–Kier alpha value is -3.68. The number of aldehydes is 1. The average Bonchev–Trinajstić information content (AvgIpc) is 3.35. The van der Waals surface area contributed by atoms with Crippen LogP contribution in [-0.4, -0.2) is 48.3 Å². The molecule has 0 saturated carbocycles. The summed E-state index contributed by atoms with van der Waals surface area (Å²) in [5.41, 5.74) is 3.59. The number of hydrogen-bond donors (Lipinski definition) is 2. The Morgan fingerprint density at radius 3 is 2.70 bits per heavy atom. The van der Waals surface area contributed by atoms with Gasteiger partial charge in [-0.2, -0.15) is 0 Å². The maximum atomic E-state index is 12.8. The van der Waals surface area contributed by atoms with Crippen molar-refractivity contribution in [2.45, 2.75) is 19.4 Å². The van der Waals surface area contributed by atoms with Gasteiger partial charge in [0, 0.05) is 25.2 Å². The van der Waals surface area contributed by atoms with Crippen LogP contribution in [0.4, 0.5) is 11.5 Å². The van der Waals surface area contributed by atoms with Crippen molar-refractivity contribution in [2.75, 3.05) is 30.9 Å². The number of carbonyl (C=O) groups is 3. The van der Waals surface area contributed by atoms with E-state index in [4.69, 9.17) is 0 Å². The summed E-state index contributed by atoms with van der Waals surface area (Å²) in [4.78, 5) is 41.9. The van der Waals surface area contributed by atoms with Crippen LogP contribution < -0.4 is 15.5 Å². The molecular formula is C22H23N5O3. The van der Waals surface area contributed by atoms with E-state index in [1.54, 1.807) is 11.9 Å². The van der Waals surface area contributed by atoms with E-state index in [1.165, 1.54) is 34.5 Å². The van der Waals surface area contributed by atoms with E-state index >= 15 is 0 Å². The standard InChI is InChI=1S/C22H23N5O3/c1-23-22(30)20-21(26(2)10-11-28)24-13-27(20)12-18(29)25-17-9-8-15-7-6-14-4-3-5-16(17)19(14)15/h3-5,8-9,11,13H,6-7,10,12H2,1-2H3,(H,23,30)(H,25,29). The highest BCUT2D eigenvalue weighted by Gasteiger charge is 2.22. The lowest BCUT2D eigenvalue weighted by molar-refractivity contribution is -0.116. The SMILES string of the molecule is CNC(=O)c1c(N(C)CC=O)ncn1CC(=O)Nc1ccc2c3c(cccc13)CC2. The van der Waals surface area contributed by atoms with E-state index in [2.05, 4.69) is 27.8 Å². The normalized spacial score (nSPS) is 12.1. The molecule has 0 spiro atoms. The van der Waals surface area contributed by atoms with Gasteiger partial charge >= 0.3 is 0 Å². The van der Waals surface area contributed by atoms with Crippen LogP contribution in [-0.2, 0) is 29.0 Å². The maximum Gasteiger partial charge on any atom is 0.271 e. The quantitative estimate of drug-likeness (QED) is 0.584. The fourth-order valence-corrected chi connectivity index (χ4v) is 4.02. The molecule has 1 aromatic heterocycles. The van der Waals surface area contributed by atoms with Crippen molar-refractivity contribution < 1.29 is 14.4 Å². The molecule has 0 unspecified atom stereocenters. The summed E-state index contributed by atoms with van der Waals surface area (Å²) < 4.78 is 1.49. The first kappa shape index (κ1) is 19.6. The number of anilines is 2. The molecule has 2 N–H and O–H groups in total. The smallest absolute Gasteiger partial charge is 0.271 e. The summed E-state index contributed by atoms with van der Waals surface area (Å²) in [6.45, 7) is 0.0154. The molecule has 0 radical (unpaired) electrons. The first-order chi connectivity index (χ1) is 14.5. The lowest BCUT2D eigenvalue weighted by Crippen LogP contribution is -2.29. The molecule has 2 aromatic carbocycles. The number of hydrogen-bond acceptors (Lipinski definition) is 5. The number of nitrogens with zero attached hydrogens (tertiary/aromatic N) is 3. The molecule has 0 fully saturated rings. The second-order valence-electron chi connectivity index (χ2n) is 7.33. The van der Waals surface area contributed by atoms with Crippen LogP contribution in [0.1, 0.15) is 21.6 Å². The van der Waals surface area contributed by atoms with E-state index < -0.39 is 0 Å². The summed E-state index contributed by atoms with van der Waals surface area (Å²) in [6.07, 6.45) is 4.21. The molecule has 2 amide bonds. The first-order valence-electron chi connectivity index (χ1n) is 9.78. The highest BCUT2D eigenvalue weighted by molar-refractivity contribution is 6.05. The van der Waals surface area contributed by atoms with E-state index in [0.717, 1.165) is 30.2 Å². The van der Waals surface area contributed by atoms with Crippen molar-refractivity contribution in [3.05, 3.63) is 53.5 Å². The molecule has 0 saturated heterocycles. The largest absolute Gasteiger partial charge is 0.354 e. The summed E-state index contributed by atoms with van der Waals surface area (Å²) >= 11 is 0. The fraction of sp³-hybridized carbons (Fsp3) is 0.273. The second-order valence-corrected chi connectivity index (χ2v) is 7.33. The Labute approximate surface area is 173 Å². The average molecular weight is 405 g/mol. The van der Waals surface area contributed by atoms with Crippen molar-refractivity contribution in [3.8, 4) is 0 Å². The van der Waals surface area contributed by atoms with Gasteiger partial charge in [-0.05, 0) is 35.4 Å². The highest BCUT2D eigenvalue weighted by Crippen LogP contribution is 2.35. The molecule has 1 aliphatic rings. The molecule has 1 aliphatic carbocycles. The van der Waals surface area contributed by atoms with E-state index in [0.29, 0.717) is 5.82 Å². The molecule has 154 valence electrons. The van der Waals surface area contributed by atoms with Crippen LogP contribution in [0, 0.1) is 0 Å². The molecule has 3 aromatic rings. The summed E-state index contributed by atoms with van der Waals surface area (Å²) in [7, 11) is 3.18. The number of amides is 2. The van der Waals surface area contributed by atoms with Crippen LogP contribution in [0.2, 0.25) is 0 Å². The Kier molecular flexibility index (Phi) is 5.22. The number of carbonyl (C=O) groups excluding carboxylic acids is 3. The minimum atomic E-state index is -0.376. The third-order valence-electron chi connectivity index (χ3n) is 5.44. The van der Waals surface area contributed by atoms with Gasteiger partial charge < -0.3 is 24.9 Å². The van der Waals surface area contributed by atoms with Crippen molar-refractivity contribution in [1.82, 2.24) is 14.9 Å². The van der Waals surface area contributed by atoms with Gasteiger partial charge in [0.1, 0.15) is 12.8 Å². The number of nitrogens with one attached hydrogen (secondary N) is 2. The predicted octanol–water partition coefficient (Wildman–Crippen LogP) is 1.77. The number of likely N-dealkylation sites (N-methyl/N-ethyl adjacent to an activating group) is 1. The van der Waals surface area contributed by atoms with E-state index in [1.807, 2.05) is 18.2 Å². The molecule has 1 heterocycles. The van der Waals surface area contributed by atoms with Crippen molar-refractivity contribution in [1.29, 1.82) is 0 Å². The van der Waals surface area contributed by atoms with Gasteiger partial charge in [0.25, 0.3) is 5.91 Å².